The quantitative estimate of drug-likeness (QED) is 0.772. The molecule has 25 heavy (non-hydrogen) atoms. The van der Waals surface area contributed by atoms with Gasteiger partial charge < -0.3 is 5.32 Å². The van der Waals surface area contributed by atoms with Crippen molar-refractivity contribution in [1.29, 1.82) is 0 Å². The predicted molar refractivity (Wildman–Crippen MR) is 94.5 cm³/mol. The van der Waals surface area contributed by atoms with Crippen LogP contribution in [-0.4, -0.2) is 26.7 Å². The summed E-state index contributed by atoms with van der Waals surface area (Å²) in [6.07, 6.45) is 2.18. The third-order valence-corrected chi connectivity index (χ3v) is 4.62. The van der Waals surface area contributed by atoms with Gasteiger partial charge in [-0.2, -0.15) is 5.10 Å². The first-order valence-electron chi connectivity index (χ1n) is 8.33. The van der Waals surface area contributed by atoms with Gasteiger partial charge in [-0.3, -0.25) is 9.59 Å². The number of fused-ring (bicyclic) bond motifs is 2. The molecule has 0 spiro atoms. The van der Waals surface area contributed by atoms with Gasteiger partial charge in [-0.25, -0.2) is 9.67 Å². The molecule has 3 aromatic rings. The second-order valence-electron chi connectivity index (χ2n) is 6.38. The Kier molecular flexibility index (Phi) is 3.80. The highest BCUT2D eigenvalue weighted by Crippen LogP contribution is 2.18. The fourth-order valence-electron chi connectivity index (χ4n) is 3.26. The van der Waals surface area contributed by atoms with Gasteiger partial charge in [-0.15, -0.1) is 0 Å². The molecule has 0 unspecified atom stereocenters. The molecule has 0 bridgehead atoms. The Labute approximate surface area is 144 Å². The summed E-state index contributed by atoms with van der Waals surface area (Å²) in [7, 11) is 1.65. The smallest absolute Gasteiger partial charge is 0.270 e. The van der Waals surface area contributed by atoms with E-state index in [-0.39, 0.29) is 17.5 Å². The summed E-state index contributed by atoms with van der Waals surface area (Å²) in [5, 5.41) is 8.34. The van der Waals surface area contributed by atoms with E-state index in [4.69, 9.17) is 0 Å². The van der Waals surface area contributed by atoms with Crippen LogP contribution < -0.4 is 10.9 Å². The number of hydrogen-bond acceptors (Lipinski definition) is 4. The summed E-state index contributed by atoms with van der Waals surface area (Å²) in [5.74, 6) is -0.184. The predicted octanol–water partition coefficient (Wildman–Crippen LogP) is 1.62. The monoisotopic (exact) mass is 334 g/mol. The molecule has 1 aliphatic carbocycles. The average Bonchev–Trinajstić information content (AvgIpc) is 2.62. The minimum atomic E-state index is -0.184. The van der Waals surface area contributed by atoms with Crippen LogP contribution in [-0.2, 0) is 19.9 Å². The number of rotatable bonds is 2. The lowest BCUT2D eigenvalue weighted by Crippen LogP contribution is -2.40. The first-order valence-corrected chi connectivity index (χ1v) is 8.33. The normalized spacial score (nSPS) is 16.4. The van der Waals surface area contributed by atoms with E-state index >= 15 is 0 Å². The van der Waals surface area contributed by atoms with Crippen LogP contribution in [0, 0.1) is 0 Å². The minimum absolute atomic E-state index is 0.0119. The summed E-state index contributed by atoms with van der Waals surface area (Å²) in [4.78, 5) is 28.7. The van der Waals surface area contributed by atoms with E-state index in [0.29, 0.717) is 12.1 Å². The van der Waals surface area contributed by atoms with Crippen molar-refractivity contribution in [1.82, 2.24) is 20.1 Å². The molecule has 2 aromatic heterocycles. The van der Waals surface area contributed by atoms with Gasteiger partial charge in [0.1, 0.15) is 5.69 Å². The van der Waals surface area contributed by atoms with Crippen LogP contribution in [0.25, 0.3) is 10.9 Å². The molecule has 2 heterocycles. The zero-order chi connectivity index (χ0) is 17.4. The summed E-state index contributed by atoms with van der Waals surface area (Å²) >= 11 is 0. The molecule has 6 heteroatoms. The molecule has 4 rings (SSSR count). The number of nitrogens with zero attached hydrogens (tertiary/aromatic N) is 3. The summed E-state index contributed by atoms with van der Waals surface area (Å²) in [6, 6.07) is 13.0. The Bertz CT molecular complexity index is 1030. The Morgan fingerprint density at radius 1 is 1.24 bits per heavy atom. The fourth-order valence-corrected chi connectivity index (χ4v) is 3.26. The Morgan fingerprint density at radius 2 is 2.08 bits per heavy atom. The molecule has 1 aromatic carbocycles. The van der Waals surface area contributed by atoms with E-state index in [9.17, 15) is 9.59 Å². The molecular weight excluding hydrogens is 316 g/mol. The van der Waals surface area contributed by atoms with E-state index in [0.717, 1.165) is 35.0 Å². The van der Waals surface area contributed by atoms with Crippen molar-refractivity contribution < 1.29 is 4.79 Å². The lowest BCUT2D eigenvalue weighted by Gasteiger charge is -2.24. The lowest BCUT2D eigenvalue weighted by atomic mass is 9.92. The van der Waals surface area contributed by atoms with Crippen molar-refractivity contribution in [3.8, 4) is 0 Å². The summed E-state index contributed by atoms with van der Waals surface area (Å²) < 4.78 is 1.36. The van der Waals surface area contributed by atoms with Crippen molar-refractivity contribution in [2.75, 3.05) is 0 Å². The third-order valence-electron chi connectivity index (χ3n) is 4.62. The van der Waals surface area contributed by atoms with Crippen LogP contribution in [0.2, 0.25) is 0 Å². The van der Waals surface area contributed by atoms with Crippen molar-refractivity contribution in [2.24, 2.45) is 7.05 Å². The van der Waals surface area contributed by atoms with Crippen LogP contribution in [0.1, 0.15) is 28.2 Å². The van der Waals surface area contributed by atoms with E-state index < -0.39 is 0 Å². The van der Waals surface area contributed by atoms with E-state index in [2.05, 4.69) is 15.4 Å². The van der Waals surface area contributed by atoms with E-state index in [1.165, 1.54) is 4.68 Å². The molecule has 1 amide bonds. The van der Waals surface area contributed by atoms with Crippen LogP contribution in [0.15, 0.2) is 47.3 Å². The molecular formula is C19H18N4O2. The zero-order valence-corrected chi connectivity index (χ0v) is 13.9. The Hall–Kier alpha value is -3.02. The second-order valence-corrected chi connectivity index (χ2v) is 6.38. The van der Waals surface area contributed by atoms with Gasteiger partial charge in [0.25, 0.3) is 11.5 Å². The highest BCUT2D eigenvalue weighted by molar-refractivity contribution is 5.95. The number of carbonyl (C=O) groups is 1. The number of amides is 1. The summed E-state index contributed by atoms with van der Waals surface area (Å²) in [6.45, 7) is 0. The zero-order valence-electron chi connectivity index (χ0n) is 13.9. The third kappa shape index (κ3) is 3.03. The molecule has 0 saturated carbocycles. The SMILES string of the molecule is Cn1nc2c(cc1=O)C[C@H](NC(=O)c1ccc3ccccc3n1)CC2. The van der Waals surface area contributed by atoms with Gasteiger partial charge in [0.2, 0.25) is 0 Å². The summed E-state index contributed by atoms with van der Waals surface area (Å²) in [5.41, 5.74) is 2.95. The molecule has 126 valence electrons. The fraction of sp³-hybridized carbons (Fsp3) is 0.263. The molecule has 0 saturated heterocycles. The number of benzene rings is 1. The number of carbonyl (C=O) groups excluding carboxylic acids is 1. The topological polar surface area (TPSA) is 76.9 Å². The number of aromatic nitrogens is 3. The number of pyridine rings is 1. The molecule has 0 radical (unpaired) electrons. The van der Waals surface area contributed by atoms with Gasteiger partial charge >= 0.3 is 0 Å². The Morgan fingerprint density at radius 3 is 2.96 bits per heavy atom. The largest absolute Gasteiger partial charge is 0.348 e. The first-order chi connectivity index (χ1) is 12.1. The average molecular weight is 334 g/mol. The maximum atomic E-state index is 12.5. The van der Waals surface area contributed by atoms with Crippen molar-refractivity contribution in [3.05, 3.63) is 69.8 Å². The number of para-hydroxylation sites is 1. The maximum Gasteiger partial charge on any atom is 0.270 e. The standard InChI is InChI=1S/C19H18N4O2/c1-23-18(24)11-13-10-14(7-9-16(13)22-23)20-19(25)17-8-6-12-4-2-3-5-15(12)21-17/h2-6,8,11,14H,7,9-10H2,1H3,(H,20,25)/t14-/m1/s1. The highest BCUT2D eigenvalue weighted by Gasteiger charge is 2.23. The van der Waals surface area contributed by atoms with Gasteiger partial charge in [-0.05, 0) is 37.0 Å². The van der Waals surface area contributed by atoms with Gasteiger partial charge in [-0.1, -0.05) is 24.3 Å². The Balaban J connectivity index is 1.52. The van der Waals surface area contributed by atoms with Crippen LogP contribution >= 0.6 is 0 Å². The first kappa shape index (κ1) is 15.5. The van der Waals surface area contributed by atoms with Gasteiger partial charge in [0.15, 0.2) is 0 Å². The molecule has 0 aliphatic heterocycles. The number of nitrogens with one attached hydrogen (secondary N) is 1. The molecule has 1 N–H and O–H groups in total. The number of hydrogen-bond donors (Lipinski definition) is 1. The van der Waals surface area contributed by atoms with E-state index in [1.54, 1.807) is 19.2 Å². The maximum absolute atomic E-state index is 12.5. The number of aryl methyl sites for hydroxylation is 2. The molecule has 6 nitrogen and oxygen atoms in total. The van der Waals surface area contributed by atoms with Crippen LogP contribution in [0.5, 0.6) is 0 Å². The second kappa shape index (κ2) is 6.12. The van der Waals surface area contributed by atoms with Crippen molar-refractivity contribution >= 4 is 16.8 Å². The van der Waals surface area contributed by atoms with Gasteiger partial charge in [0.05, 0.1) is 11.2 Å². The van der Waals surface area contributed by atoms with E-state index in [1.807, 2.05) is 30.3 Å². The lowest BCUT2D eigenvalue weighted by molar-refractivity contribution is 0.0928. The minimum Gasteiger partial charge on any atom is -0.348 e. The van der Waals surface area contributed by atoms with Crippen molar-refractivity contribution in [2.45, 2.75) is 25.3 Å². The molecule has 1 atom stereocenters. The molecule has 0 fully saturated rings. The van der Waals surface area contributed by atoms with Crippen molar-refractivity contribution in [3.63, 3.8) is 0 Å². The molecule has 1 aliphatic rings. The highest BCUT2D eigenvalue weighted by atomic mass is 16.2. The van der Waals surface area contributed by atoms with Gasteiger partial charge in [0, 0.05) is 24.5 Å². The van der Waals surface area contributed by atoms with Crippen LogP contribution in [0.3, 0.4) is 0 Å². The van der Waals surface area contributed by atoms with Crippen LogP contribution in [0.4, 0.5) is 0 Å².